The quantitative estimate of drug-likeness (QED) is 0.648. The van der Waals surface area contributed by atoms with Crippen LogP contribution in [-0.4, -0.2) is 47.7 Å². The Morgan fingerprint density at radius 3 is 2.72 bits per heavy atom. The maximum Gasteiger partial charge on any atom is 0.257 e. The largest absolute Gasteiger partial charge is 0.383 e. The summed E-state index contributed by atoms with van der Waals surface area (Å²) in [7, 11) is 0. The summed E-state index contributed by atoms with van der Waals surface area (Å²) in [4.78, 5) is 20.3. The first-order valence-corrected chi connectivity index (χ1v) is 6.11. The van der Waals surface area contributed by atoms with Gasteiger partial charge >= 0.3 is 0 Å². The Bertz CT molecular complexity index is 453. The SMILES string of the molecule is Nc1nc(N)c(CCCN2CCOCC2)c(=O)[nH]1. The molecule has 0 bridgehead atoms. The van der Waals surface area contributed by atoms with E-state index < -0.39 is 0 Å². The third-order valence-corrected chi connectivity index (χ3v) is 3.07. The first-order chi connectivity index (χ1) is 8.66. The van der Waals surface area contributed by atoms with Crippen molar-refractivity contribution < 1.29 is 4.74 Å². The first-order valence-electron chi connectivity index (χ1n) is 6.11. The molecule has 0 unspecified atom stereocenters. The molecule has 0 radical (unpaired) electrons. The van der Waals surface area contributed by atoms with Gasteiger partial charge in [0.2, 0.25) is 5.95 Å². The fourth-order valence-electron chi connectivity index (χ4n) is 2.08. The maximum atomic E-state index is 11.7. The summed E-state index contributed by atoms with van der Waals surface area (Å²) in [5.74, 6) is 0.299. The van der Waals surface area contributed by atoms with Gasteiger partial charge in [-0.3, -0.25) is 14.7 Å². The lowest BCUT2D eigenvalue weighted by molar-refractivity contribution is 0.0374. The van der Waals surface area contributed by atoms with Gasteiger partial charge in [-0.25, -0.2) is 0 Å². The summed E-state index contributed by atoms with van der Waals surface area (Å²) >= 11 is 0. The predicted octanol–water partition coefficient (Wildman–Crippen LogP) is -0.801. The highest BCUT2D eigenvalue weighted by Crippen LogP contribution is 2.07. The van der Waals surface area contributed by atoms with Gasteiger partial charge in [0.1, 0.15) is 5.82 Å². The predicted molar refractivity (Wildman–Crippen MR) is 69.3 cm³/mol. The molecule has 1 fully saturated rings. The fraction of sp³-hybridized carbons (Fsp3) is 0.636. The number of H-pyrrole nitrogens is 1. The number of nitrogens with zero attached hydrogens (tertiary/aromatic N) is 2. The first kappa shape index (κ1) is 12.8. The Morgan fingerprint density at radius 2 is 2.06 bits per heavy atom. The molecule has 0 spiro atoms. The minimum absolute atomic E-state index is 0.0643. The number of nitrogen functional groups attached to an aromatic ring is 2. The van der Waals surface area contributed by atoms with E-state index in [0.717, 1.165) is 39.3 Å². The molecule has 100 valence electrons. The number of nitrogens with two attached hydrogens (primary N) is 2. The van der Waals surface area contributed by atoms with Gasteiger partial charge in [0.05, 0.1) is 18.8 Å². The van der Waals surface area contributed by atoms with Gasteiger partial charge in [-0.1, -0.05) is 0 Å². The minimum Gasteiger partial charge on any atom is -0.383 e. The molecule has 1 aliphatic heterocycles. The van der Waals surface area contributed by atoms with Crippen molar-refractivity contribution in [3.8, 4) is 0 Å². The van der Waals surface area contributed by atoms with Crippen LogP contribution < -0.4 is 17.0 Å². The van der Waals surface area contributed by atoms with Crippen molar-refractivity contribution in [3.05, 3.63) is 15.9 Å². The summed E-state index contributed by atoms with van der Waals surface area (Å²) in [6.07, 6.45) is 1.49. The van der Waals surface area contributed by atoms with Crippen molar-refractivity contribution in [2.45, 2.75) is 12.8 Å². The Labute approximate surface area is 105 Å². The van der Waals surface area contributed by atoms with Gasteiger partial charge < -0.3 is 16.2 Å². The van der Waals surface area contributed by atoms with Crippen LogP contribution >= 0.6 is 0 Å². The molecular formula is C11H19N5O2. The zero-order chi connectivity index (χ0) is 13.0. The van der Waals surface area contributed by atoms with Crippen molar-refractivity contribution in [1.29, 1.82) is 0 Å². The van der Waals surface area contributed by atoms with Crippen molar-refractivity contribution >= 4 is 11.8 Å². The molecule has 0 aliphatic carbocycles. The molecule has 5 N–H and O–H groups in total. The van der Waals surface area contributed by atoms with Crippen LogP contribution in [0.5, 0.6) is 0 Å². The summed E-state index contributed by atoms with van der Waals surface area (Å²) in [5.41, 5.74) is 11.4. The van der Waals surface area contributed by atoms with Crippen LogP contribution in [0, 0.1) is 0 Å². The Kier molecular flexibility index (Phi) is 4.16. The highest BCUT2D eigenvalue weighted by Gasteiger charge is 2.11. The molecule has 1 aliphatic rings. The lowest BCUT2D eigenvalue weighted by atomic mass is 10.1. The van der Waals surface area contributed by atoms with Gasteiger partial charge in [-0.05, 0) is 19.4 Å². The molecular weight excluding hydrogens is 234 g/mol. The number of ether oxygens (including phenoxy) is 1. The third kappa shape index (κ3) is 3.21. The van der Waals surface area contributed by atoms with Gasteiger partial charge in [-0.2, -0.15) is 4.98 Å². The Morgan fingerprint density at radius 1 is 1.33 bits per heavy atom. The van der Waals surface area contributed by atoms with Crippen LogP contribution in [0.25, 0.3) is 0 Å². The second-order valence-corrected chi connectivity index (χ2v) is 4.37. The molecule has 0 saturated carbocycles. The van der Waals surface area contributed by atoms with E-state index in [1.807, 2.05) is 0 Å². The Hall–Kier alpha value is -1.60. The van der Waals surface area contributed by atoms with Gasteiger partial charge in [0, 0.05) is 13.1 Å². The summed E-state index contributed by atoms with van der Waals surface area (Å²) < 4.78 is 5.28. The number of rotatable bonds is 4. The van der Waals surface area contributed by atoms with E-state index in [2.05, 4.69) is 14.9 Å². The van der Waals surface area contributed by atoms with Crippen molar-refractivity contribution in [2.24, 2.45) is 0 Å². The van der Waals surface area contributed by atoms with Crippen LogP contribution in [0.3, 0.4) is 0 Å². The zero-order valence-corrected chi connectivity index (χ0v) is 10.3. The molecule has 1 saturated heterocycles. The molecule has 7 nitrogen and oxygen atoms in total. The van der Waals surface area contributed by atoms with E-state index in [-0.39, 0.29) is 17.3 Å². The van der Waals surface area contributed by atoms with Crippen LogP contribution in [0.2, 0.25) is 0 Å². The summed E-state index contributed by atoms with van der Waals surface area (Å²) in [5, 5.41) is 0. The molecule has 2 rings (SSSR count). The highest BCUT2D eigenvalue weighted by molar-refractivity contribution is 5.41. The highest BCUT2D eigenvalue weighted by atomic mass is 16.5. The zero-order valence-electron chi connectivity index (χ0n) is 10.3. The molecule has 0 atom stereocenters. The fourth-order valence-corrected chi connectivity index (χ4v) is 2.08. The van der Waals surface area contributed by atoms with Crippen LogP contribution in [-0.2, 0) is 11.2 Å². The third-order valence-electron chi connectivity index (χ3n) is 3.07. The number of aromatic amines is 1. The average Bonchev–Trinajstić information content (AvgIpc) is 2.34. The normalized spacial score (nSPS) is 16.9. The molecule has 18 heavy (non-hydrogen) atoms. The van der Waals surface area contributed by atoms with E-state index in [1.54, 1.807) is 0 Å². The smallest absolute Gasteiger partial charge is 0.257 e. The van der Waals surface area contributed by atoms with Crippen LogP contribution in [0.1, 0.15) is 12.0 Å². The van der Waals surface area contributed by atoms with E-state index in [0.29, 0.717) is 12.0 Å². The second kappa shape index (κ2) is 5.83. The maximum absolute atomic E-state index is 11.7. The van der Waals surface area contributed by atoms with Crippen molar-refractivity contribution in [2.75, 3.05) is 44.3 Å². The van der Waals surface area contributed by atoms with Crippen LogP contribution in [0.15, 0.2) is 4.79 Å². The van der Waals surface area contributed by atoms with E-state index in [9.17, 15) is 4.79 Å². The molecule has 7 heteroatoms. The summed E-state index contributed by atoms with van der Waals surface area (Å²) in [6.45, 7) is 4.41. The van der Waals surface area contributed by atoms with E-state index in [1.165, 1.54) is 0 Å². The average molecular weight is 253 g/mol. The molecule has 2 heterocycles. The topological polar surface area (TPSA) is 110 Å². The van der Waals surface area contributed by atoms with Crippen molar-refractivity contribution in [1.82, 2.24) is 14.9 Å². The second-order valence-electron chi connectivity index (χ2n) is 4.37. The number of hydrogen-bond acceptors (Lipinski definition) is 6. The number of morpholine rings is 1. The lowest BCUT2D eigenvalue weighted by Crippen LogP contribution is -2.37. The lowest BCUT2D eigenvalue weighted by Gasteiger charge is -2.26. The molecule has 0 aromatic carbocycles. The number of nitrogens with one attached hydrogen (secondary N) is 1. The summed E-state index contributed by atoms with van der Waals surface area (Å²) in [6, 6.07) is 0. The number of hydrogen-bond donors (Lipinski definition) is 3. The Balaban J connectivity index is 1.88. The van der Waals surface area contributed by atoms with Gasteiger partial charge in [-0.15, -0.1) is 0 Å². The molecule has 0 amide bonds. The number of aromatic nitrogens is 2. The monoisotopic (exact) mass is 253 g/mol. The van der Waals surface area contributed by atoms with Crippen LogP contribution in [0.4, 0.5) is 11.8 Å². The minimum atomic E-state index is -0.234. The number of anilines is 2. The van der Waals surface area contributed by atoms with E-state index >= 15 is 0 Å². The van der Waals surface area contributed by atoms with Gasteiger partial charge in [0.25, 0.3) is 5.56 Å². The van der Waals surface area contributed by atoms with E-state index in [4.69, 9.17) is 16.2 Å². The standard InChI is InChI=1S/C11H19N5O2/c12-9-8(10(17)15-11(13)14-9)2-1-3-16-4-6-18-7-5-16/h1-7H2,(H5,12,13,14,15,17). The van der Waals surface area contributed by atoms with Crippen molar-refractivity contribution in [3.63, 3.8) is 0 Å². The van der Waals surface area contributed by atoms with Gasteiger partial charge in [0.15, 0.2) is 0 Å². The molecule has 1 aromatic rings. The molecule has 1 aromatic heterocycles.